The average molecular weight is 460 g/mol. The van der Waals surface area contributed by atoms with E-state index in [1.807, 2.05) is 66.5 Å². The number of benzene rings is 2. The Morgan fingerprint density at radius 1 is 0.971 bits per heavy atom. The second kappa shape index (κ2) is 12.2. The highest BCUT2D eigenvalue weighted by Crippen LogP contribution is 2.32. The first kappa shape index (κ1) is 23.8. The van der Waals surface area contributed by atoms with Gasteiger partial charge in [-0.25, -0.2) is 4.98 Å². The molecule has 4 rings (SSSR count). The quantitative estimate of drug-likeness (QED) is 0.541. The molecular formula is C28H33N3O3. The molecule has 6 heteroatoms. The van der Waals surface area contributed by atoms with E-state index in [9.17, 15) is 4.79 Å². The van der Waals surface area contributed by atoms with E-state index in [1.54, 1.807) is 6.20 Å². The van der Waals surface area contributed by atoms with Gasteiger partial charge in [0.25, 0.3) is 0 Å². The summed E-state index contributed by atoms with van der Waals surface area (Å²) in [6.45, 7) is 3.14. The van der Waals surface area contributed by atoms with E-state index in [2.05, 4.69) is 22.0 Å². The Bertz CT molecular complexity index is 1060. The lowest BCUT2D eigenvalue weighted by atomic mass is 10.1. The van der Waals surface area contributed by atoms with Gasteiger partial charge in [-0.2, -0.15) is 0 Å². The molecule has 2 heterocycles. The highest BCUT2D eigenvalue weighted by Gasteiger charge is 2.18. The Labute approximate surface area is 202 Å². The lowest BCUT2D eigenvalue weighted by Gasteiger charge is -2.25. The largest absolute Gasteiger partial charge is 0.490 e. The average Bonchev–Trinajstić information content (AvgIpc) is 2.88. The van der Waals surface area contributed by atoms with Crippen molar-refractivity contribution in [3.05, 3.63) is 84.1 Å². The van der Waals surface area contributed by atoms with E-state index < -0.39 is 0 Å². The molecule has 0 aliphatic carbocycles. The number of hydrogen-bond acceptors (Lipinski definition) is 5. The van der Waals surface area contributed by atoms with Gasteiger partial charge in [-0.3, -0.25) is 9.69 Å². The van der Waals surface area contributed by atoms with Crippen LogP contribution in [0.1, 0.15) is 30.4 Å². The molecule has 0 radical (unpaired) electrons. The molecule has 0 saturated carbocycles. The van der Waals surface area contributed by atoms with Crippen LogP contribution in [0.15, 0.2) is 72.9 Å². The highest BCUT2D eigenvalue weighted by atomic mass is 16.5. The van der Waals surface area contributed by atoms with Gasteiger partial charge in [-0.15, -0.1) is 0 Å². The number of carbonyl (C=O) groups excluding carboxylic acids is 1. The molecule has 0 fully saturated rings. The number of para-hydroxylation sites is 2. The Hall–Kier alpha value is -3.38. The number of nitrogens with zero attached hydrogens (tertiary/aromatic N) is 3. The van der Waals surface area contributed by atoms with Gasteiger partial charge in [0.15, 0.2) is 11.5 Å². The summed E-state index contributed by atoms with van der Waals surface area (Å²) >= 11 is 0. The third-order valence-corrected chi connectivity index (χ3v) is 6.04. The normalized spacial score (nSPS) is 14.7. The van der Waals surface area contributed by atoms with Crippen LogP contribution in [0.25, 0.3) is 0 Å². The molecule has 0 saturated heterocycles. The van der Waals surface area contributed by atoms with Crippen LogP contribution in [0, 0.1) is 0 Å². The van der Waals surface area contributed by atoms with E-state index in [0.29, 0.717) is 37.9 Å². The summed E-state index contributed by atoms with van der Waals surface area (Å²) in [5, 5.41) is 0. The monoisotopic (exact) mass is 459 g/mol. The molecule has 0 N–H and O–H groups in total. The van der Waals surface area contributed by atoms with E-state index in [1.165, 1.54) is 5.56 Å². The van der Waals surface area contributed by atoms with Crippen LogP contribution in [-0.2, 0) is 17.8 Å². The maximum absolute atomic E-state index is 13.1. The van der Waals surface area contributed by atoms with Crippen molar-refractivity contribution in [2.75, 3.05) is 33.3 Å². The first-order valence-corrected chi connectivity index (χ1v) is 12.0. The van der Waals surface area contributed by atoms with Crippen LogP contribution in [0.2, 0.25) is 0 Å². The lowest BCUT2D eigenvalue weighted by molar-refractivity contribution is -0.131. The van der Waals surface area contributed by atoms with Gasteiger partial charge in [-0.1, -0.05) is 48.5 Å². The molecule has 1 aliphatic heterocycles. The molecule has 178 valence electrons. The van der Waals surface area contributed by atoms with Gasteiger partial charge < -0.3 is 14.4 Å². The zero-order valence-corrected chi connectivity index (χ0v) is 19.9. The van der Waals surface area contributed by atoms with Crippen molar-refractivity contribution in [1.29, 1.82) is 0 Å². The van der Waals surface area contributed by atoms with Crippen molar-refractivity contribution in [2.45, 2.75) is 32.2 Å². The van der Waals surface area contributed by atoms with Crippen molar-refractivity contribution >= 4 is 5.91 Å². The first-order chi connectivity index (χ1) is 16.7. The summed E-state index contributed by atoms with van der Waals surface area (Å²) in [5.41, 5.74) is 2.19. The van der Waals surface area contributed by atoms with E-state index >= 15 is 0 Å². The molecule has 3 aromatic rings. The topological polar surface area (TPSA) is 54.9 Å². The minimum atomic E-state index is 0.125. The predicted molar refractivity (Wildman–Crippen MR) is 133 cm³/mol. The summed E-state index contributed by atoms with van der Waals surface area (Å²) in [6, 6.07) is 21.9. The number of carbonyl (C=O) groups is 1. The van der Waals surface area contributed by atoms with Gasteiger partial charge in [0.1, 0.15) is 0 Å². The van der Waals surface area contributed by atoms with Gasteiger partial charge in [0.2, 0.25) is 11.8 Å². The second-order valence-electron chi connectivity index (χ2n) is 8.69. The summed E-state index contributed by atoms with van der Waals surface area (Å²) < 4.78 is 12.2. The number of aromatic nitrogens is 1. The minimum Gasteiger partial charge on any atom is -0.490 e. The number of hydrogen-bond donors (Lipinski definition) is 0. The smallest absolute Gasteiger partial charge is 0.236 e. The third-order valence-electron chi connectivity index (χ3n) is 6.04. The molecule has 1 amide bonds. The summed E-state index contributed by atoms with van der Waals surface area (Å²) in [5.74, 6) is 2.06. The number of fused-ring (bicyclic) bond motifs is 2. The van der Waals surface area contributed by atoms with Crippen molar-refractivity contribution in [2.24, 2.45) is 0 Å². The number of rotatable bonds is 5. The fraction of sp³-hybridized carbons (Fsp3) is 0.357. The number of amides is 1. The molecule has 2 aromatic carbocycles. The Morgan fingerprint density at radius 3 is 2.62 bits per heavy atom. The van der Waals surface area contributed by atoms with Gasteiger partial charge >= 0.3 is 0 Å². The Balaban J connectivity index is 1.46. The molecule has 1 aliphatic rings. The maximum Gasteiger partial charge on any atom is 0.236 e. The molecule has 0 bridgehead atoms. The highest BCUT2D eigenvalue weighted by molar-refractivity contribution is 5.78. The standard InChI is InChI=1S/C28H33N3O3/c1-30(19-16-23-11-4-2-5-12-23)27(32)22-31-18-8-3-9-20-33-25-14-6-7-15-26(25)34-28-24(21-31)13-10-17-29-28/h2,4-7,10-15,17H,3,8-9,16,18-22H2,1H3. The lowest BCUT2D eigenvalue weighted by Crippen LogP contribution is -2.39. The van der Waals surface area contributed by atoms with Gasteiger partial charge in [0.05, 0.1) is 13.2 Å². The van der Waals surface area contributed by atoms with Crippen LogP contribution in [0.3, 0.4) is 0 Å². The molecular weight excluding hydrogens is 426 g/mol. The number of ether oxygens (including phenoxy) is 2. The van der Waals surface area contributed by atoms with E-state index in [-0.39, 0.29) is 5.91 Å². The zero-order chi connectivity index (χ0) is 23.6. The van der Waals surface area contributed by atoms with Crippen molar-refractivity contribution < 1.29 is 14.3 Å². The Kier molecular flexibility index (Phi) is 8.52. The molecule has 6 nitrogen and oxygen atoms in total. The molecule has 1 aromatic heterocycles. The summed E-state index contributed by atoms with van der Waals surface area (Å²) in [6.07, 6.45) is 5.58. The maximum atomic E-state index is 13.1. The minimum absolute atomic E-state index is 0.125. The van der Waals surface area contributed by atoms with Crippen molar-refractivity contribution in [3.63, 3.8) is 0 Å². The van der Waals surface area contributed by atoms with Gasteiger partial charge in [-0.05, 0) is 56.0 Å². The fourth-order valence-electron chi connectivity index (χ4n) is 4.02. The van der Waals surface area contributed by atoms with E-state index in [4.69, 9.17) is 9.47 Å². The number of pyridine rings is 1. The van der Waals surface area contributed by atoms with Crippen molar-refractivity contribution in [3.8, 4) is 17.4 Å². The van der Waals surface area contributed by atoms with Crippen LogP contribution in [0.5, 0.6) is 17.4 Å². The first-order valence-electron chi connectivity index (χ1n) is 12.0. The van der Waals surface area contributed by atoms with Gasteiger partial charge in [0, 0.05) is 31.9 Å². The SMILES string of the molecule is CN(CCc1ccccc1)C(=O)CN1CCCCCOc2ccccc2Oc2ncccc2C1. The number of likely N-dealkylation sites (N-methyl/N-ethyl adjacent to an activating group) is 1. The molecule has 34 heavy (non-hydrogen) atoms. The summed E-state index contributed by atoms with van der Waals surface area (Å²) in [4.78, 5) is 21.6. The third kappa shape index (κ3) is 6.81. The molecule has 0 unspecified atom stereocenters. The summed E-state index contributed by atoms with van der Waals surface area (Å²) in [7, 11) is 1.89. The van der Waals surface area contributed by atoms with Crippen LogP contribution in [-0.4, -0.2) is 54.0 Å². The van der Waals surface area contributed by atoms with Crippen LogP contribution in [0.4, 0.5) is 0 Å². The van der Waals surface area contributed by atoms with Crippen LogP contribution >= 0.6 is 0 Å². The van der Waals surface area contributed by atoms with Crippen molar-refractivity contribution in [1.82, 2.24) is 14.8 Å². The Morgan fingerprint density at radius 2 is 1.76 bits per heavy atom. The molecule has 0 spiro atoms. The fourth-order valence-corrected chi connectivity index (χ4v) is 4.02. The van der Waals surface area contributed by atoms with E-state index in [0.717, 1.165) is 43.5 Å². The molecule has 0 atom stereocenters. The second-order valence-corrected chi connectivity index (χ2v) is 8.69. The zero-order valence-electron chi connectivity index (χ0n) is 19.9. The predicted octanol–water partition coefficient (Wildman–Crippen LogP) is 4.94. The van der Waals surface area contributed by atoms with Crippen LogP contribution < -0.4 is 9.47 Å².